The van der Waals surface area contributed by atoms with Crippen LogP contribution in [0.2, 0.25) is 0 Å². The maximum atomic E-state index is 12.6. The Morgan fingerprint density at radius 3 is 2.28 bits per heavy atom. The Morgan fingerprint density at radius 2 is 1.76 bits per heavy atom. The van der Waals surface area contributed by atoms with Crippen LogP contribution in [0, 0.1) is 0 Å². The molecule has 0 aliphatic rings. The number of amides is 1. The van der Waals surface area contributed by atoms with E-state index in [2.05, 4.69) is 12.2 Å². The number of nitrogens with one attached hydrogen (secondary N) is 1. The van der Waals surface area contributed by atoms with Gasteiger partial charge in [0.25, 0.3) is 0 Å². The SMILES string of the molecule is CCc1ccc(C(C)NC(=O)CN(c2cc(OC)ccc2OC)S(C)(=O)=O)cc1. The van der Waals surface area contributed by atoms with Gasteiger partial charge in [-0.2, -0.15) is 0 Å². The molecule has 2 aromatic carbocycles. The van der Waals surface area contributed by atoms with Gasteiger partial charge in [-0.25, -0.2) is 8.42 Å². The van der Waals surface area contributed by atoms with Crippen molar-refractivity contribution >= 4 is 21.6 Å². The Morgan fingerprint density at radius 1 is 1.10 bits per heavy atom. The lowest BCUT2D eigenvalue weighted by molar-refractivity contribution is -0.120. The van der Waals surface area contributed by atoms with Crippen LogP contribution in [0.3, 0.4) is 0 Å². The van der Waals surface area contributed by atoms with Gasteiger partial charge < -0.3 is 14.8 Å². The molecule has 158 valence electrons. The molecule has 1 atom stereocenters. The highest BCUT2D eigenvalue weighted by Gasteiger charge is 2.25. The Balaban J connectivity index is 2.23. The van der Waals surface area contributed by atoms with Crippen LogP contribution in [0.25, 0.3) is 0 Å². The summed E-state index contributed by atoms with van der Waals surface area (Å²) in [6.07, 6.45) is 1.98. The summed E-state index contributed by atoms with van der Waals surface area (Å²) < 4.78 is 36.3. The van der Waals surface area contributed by atoms with Gasteiger partial charge in [-0.15, -0.1) is 0 Å². The third-order valence-corrected chi connectivity index (χ3v) is 5.73. The topological polar surface area (TPSA) is 84.9 Å². The summed E-state index contributed by atoms with van der Waals surface area (Å²) in [5.74, 6) is 0.360. The van der Waals surface area contributed by atoms with E-state index < -0.39 is 15.9 Å². The minimum Gasteiger partial charge on any atom is -0.497 e. The number of aryl methyl sites for hydroxylation is 1. The molecule has 0 aliphatic carbocycles. The zero-order valence-electron chi connectivity index (χ0n) is 17.4. The van der Waals surface area contributed by atoms with Crippen molar-refractivity contribution in [3.8, 4) is 11.5 Å². The molecule has 0 radical (unpaired) electrons. The lowest BCUT2D eigenvalue weighted by atomic mass is 10.1. The van der Waals surface area contributed by atoms with E-state index in [1.165, 1.54) is 25.8 Å². The molecule has 0 bridgehead atoms. The molecule has 1 unspecified atom stereocenters. The smallest absolute Gasteiger partial charge is 0.241 e. The molecule has 1 amide bonds. The lowest BCUT2D eigenvalue weighted by Gasteiger charge is -2.25. The number of benzene rings is 2. The van der Waals surface area contributed by atoms with Gasteiger partial charge in [0.15, 0.2) is 0 Å². The number of rotatable bonds is 9. The van der Waals surface area contributed by atoms with E-state index in [-0.39, 0.29) is 18.3 Å². The summed E-state index contributed by atoms with van der Waals surface area (Å²) in [5, 5.41) is 2.85. The van der Waals surface area contributed by atoms with Crippen molar-refractivity contribution in [2.24, 2.45) is 0 Å². The Hall–Kier alpha value is -2.74. The van der Waals surface area contributed by atoms with E-state index in [1.807, 2.05) is 31.2 Å². The summed E-state index contributed by atoms with van der Waals surface area (Å²) >= 11 is 0. The van der Waals surface area contributed by atoms with Gasteiger partial charge in [0, 0.05) is 6.07 Å². The van der Waals surface area contributed by atoms with Crippen LogP contribution in [-0.4, -0.2) is 41.3 Å². The van der Waals surface area contributed by atoms with Gasteiger partial charge in [-0.3, -0.25) is 9.10 Å². The van der Waals surface area contributed by atoms with Crippen molar-refractivity contribution in [1.82, 2.24) is 5.32 Å². The summed E-state index contributed by atoms with van der Waals surface area (Å²) in [4.78, 5) is 12.6. The minimum atomic E-state index is -3.74. The first kappa shape index (κ1) is 22.5. The molecule has 0 aromatic heterocycles. The van der Waals surface area contributed by atoms with Crippen LogP contribution >= 0.6 is 0 Å². The zero-order chi connectivity index (χ0) is 21.6. The van der Waals surface area contributed by atoms with E-state index in [0.29, 0.717) is 11.5 Å². The van der Waals surface area contributed by atoms with Gasteiger partial charge in [-0.05, 0) is 36.6 Å². The van der Waals surface area contributed by atoms with E-state index in [9.17, 15) is 13.2 Å². The molecule has 0 spiro atoms. The highest BCUT2D eigenvalue weighted by Crippen LogP contribution is 2.33. The molecular weight excluding hydrogens is 392 g/mol. The van der Waals surface area contributed by atoms with Crippen molar-refractivity contribution in [3.05, 3.63) is 53.6 Å². The largest absolute Gasteiger partial charge is 0.497 e. The predicted octanol–water partition coefficient (Wildman–Crippen LogP) is 2.91. The average molecular weight is 421 g/mol. The first-order valence-electron chi connectivity index (χ1n) is 9.27. The van der Waals surface area contributed by atoms with Crippen LogP contribution in [0.15, 0.2) is 42.5 Å². The second kappa shape index (κ2) is 9.65. The van der Waals surface area contributed by atoms with E-state index >= 15 is 0 Å². The van der Waals surface area contributed by atoms with Crippen LogP contribution in [0.1, 0.15) is 31.0 Å². The summed E-state index contributed by atoms with van der Waals surface area (Å²) in [5.41, 5.74) is 2.39. The number of carbonyl (C=O) groups excluding carboxylic acids is 1. The molecular formula is C21H28N2O5S. The van der Waals surface area contributed by atoms with Crippen LogP contribution < -0.4 is 19.1 Å². The molecule has 0 fully saturated rings. The fourth-order valence-corrected chi connectivity index (χ4v) is 3.77. The average Bonchev–Trinajstić information content (AvgIpc) is 2.70. The van der Waals surface area contributed by atoms with E-state index in [1.54, 1.807) is 12.1 Å². The Kier molecular flexibility index (Phi) is 7.50. The maximum absolute atomic E-state index is 12.6. The monoisotopic (exact) mass is 420 g/mol. The summed E-state index contributed by atoms with van der Waals surface area (Å²) in [6.45, 7) is 3.56. The van der Waals surface area contributed by atoms with E-state index in [4.69, 9.17) is 9.47 Å². The normalized spacial score (nSPS) is 12.2. The third-order valence-electron chi connectivity index (χ3n) is 4.61. The van der Waals surface area contributed by atoms with Crippen molar-refractivity contribution in [2.75, 3.05) is 31.3 Å². The maximum Gasteiger partial charge on any atom is 0.241 e. The highest BCUT2D eigenvalue weighted by atomic mass is 32.2. The molecule has 1 N–H and O–H groups in total. The fraction of sp³-hybridized carbons (Fsp3) is 0.381. The van der Waals surface area contributed by atoms with E-state index in [0.717, 1.165) is 22.5 Å². The van der Waals surface area contributed by atoms with Crippen molar-refractivity contribution < 1.29 is 22.7 Å². The first-order chi connectivity index (χ1) is 13.7. The second-order valence-corrected chi connectivity index (χ2v) is 8.60. The Labute approximate surface area is 172 Å². The highest BCUT2D eigenvalue weighted by molar-refractivity contribution is 7.92. The number of anilines is 1. The molecule has 29 heavy (non-hydrogen) atoms. The van der Waals surface area contributed by atoms with Crippen molar-refractivity contribution in [3.63, 3.8) is 0 Å². The van der Waals surface area contributed by atoms with Gasteiger partial charge in [-0.1, -0.05) is 31.2 Å². The molecule has 8 heteroatoms. The summed E-state index contributed by atoms with van der Waals surface area (Å²) in [6, 6.07) is 12.5. The van der Waals surface area contributed by atoms with Gasteiger partial charge in [0.2, 0.25) is 15.9 Å². The number of hydrogen-bond acceptors (Lipinski definition) is 5. The molecule has 7 nitrogen and oxygen atoms in total. The number of sulfonamides is 1. The third kappa shape index (κ3) is 5.87. The molecule has 0 heterocycles. The quantitative estimate of drug-likeness (QED) is 0.674. The molecule has 0 saturated carbocycles. The number of methoxy groups -OCH3 is 2. The van der Waals surface area contributed by atoms with Gasteiger partial charge in [0.05, 0.1) is 32.2 Å². The van der Waals surface area contributed by atoms with Crippen molar-refractivity contribution in [1.29, 1.82) is 0 Å². The Bertz CT molecular complexity index is 942. The van der Waals surface area contributed by atoms with Crippen LogP contribution in [0.5, 0.6) is 11.5 Å². The predicted molar refractivity (Wildman–Crippen MR) is 114 cm³/mol. The number of nitrogens with zero attached hydrogens (tertiary/aromatic N) is 1. The minimum absolute atomic E-state index is 0.240. The summed E-state index contributed by atoms with van der Waals surface area (Å²) in [7, 11) is -0.824. The lowest BCUT2D eigenvalue weighted by Crippen LogP contribution is -2.41. The standard InChI is InChI=1S/C21H28N2O5S/c1-6-16-7-9-17(10-8-16)15(2)22-21(24)14-23(29(5,25)26)19-13-18(27-3)11-12-20(19)28-4/h7-13,15H,6,14H2,1-5H3,(H,22,24). The molecule has 2 aromatic rings. The number of hydrogen-bond donors (Lipinski definition) is 1. The van der Waals surface area contributed by atoms with Crippen LogP contribution in [0.4, 0.5) is 5.69 Å². The number of carbonyl (C=O) groups is 1. The molecule has 0 aliphatic heterocycles. The molecule has 2 rings (SSSR count). The second-order valence-electron chi connectivity index (χ2n) is 6.69. The fourth-order valence-electron chi connectivity index (χ4n) is 2.92. The first-order valence-corrected chi connectivity index (χ1v) is 11.1. The van der Waals surface area contributed by atoms with Gasteiger partial charge >= 0.3 is 0 Å². The van der Waals surface area contributed by atoms with Crippen LogP contribution in [-0.2, 0) is 21.2 Å². The number of ether oxygens (including phenoxy) is 2. The van der Waals surface area contributed by atoms with Gasteiger partial charge in [0.1, 0.15) is 18.0 Å². The zero-order valence-corrected chi connectivity index (χ0v) is 18.2. The van der Waals surface area contributed by atoms with Crippen molar-refractivity contribution in [2.45, 2.75) is 26.3 Å². The molecule has 0 saturated heterocycles.